The van der Waals surface area contributed by atoms with Crippen LogP contribution in [0.15, 0.2) is 58.6 Å². The number of rotatable bonds is 10. The van der Waals surface area contributed by atoms with Crippen LogP contribution in [-0.2, 0) is 4.74 Å². The van der Waals surface area contributed by atoms with Crippen LogP contribution in [0.1, 0.15) is 35.8 Å². The third-order valence-corrected chi connectivity index (χ3v) is 7.07. The van der Waals surface area contributed by atoms with Crippen LogP contribution >= 0.6 is 35.1 Å². The molecule has 9 heteroatoms. The number of benzene rings is 1. The van der Waals surface area contributed by atoms with Crippen LogP contribution in [0.2, 0.25) is 0 Å². The van der Waals surface area contributed by atoms with E-state index in [-0.39, 0.29) is 30.3 Å². The van der Waals surface area contributed by atoms with Crippen LogP contribution in [-0.4, -0.2) is 42.2 Å². The normalized spacial score (nSPS) is 15.8. The highest BCUT2D eigenvalue weighted by atomic mass is 35.5. The maximum absolute atomic E-state index is 11.1. The minimum Gasteiger partial charge on any atom is -0.487 e. The number of nitro groups is 1. The molecule has 3 heterocycles. The van der Waals surface area contributed by atoms with Gasteiger partial charge in [0.2, 0.25) is 0 Å². The molecule has 32 heavy (non-hydrogen) atoms. The second-order valence-electron chi connectivity index (χ2n) is 7.56. The SMILES string of the molecule is Cl.O=[N+]([O-])c1ccccc1OCCCN1CCC(OC(c2ccsc2)c2cccs2)CC1. The Labute approximate surface area is 202 Å². The van der Waals surface area contributed by atoms with Crippen molar-refractivity contribution in [2.45, 2.75) is 31.5 Å². The average molecular weight is 495 g/mol. The van der Waals surface area contributed by atoms with Gasteiger partial charge < -0.3 is 14.4 Å². The maximum atomic E-state index is 11.1. The van der Waals surface area contributed by atoms with Crippen molar-refractivity contribution in [1.29, 1.82) is 0 Å². The number of ether oxygens (including phenoxy) is 2. The van der Waals surface area contributed by atoms with E-state index in [0.29, 0.717) is 12.4 Å². The van der Waals surface area contributed by atoms with Crippen molar-refractivity contribution in [2.75, 3.05) is 26.2 Å². The van der Waals surface area contributed by atoms with Gasteiger partial charge in [0, 0.05) is 30.6 Å². The topological polar surface area (TPSA) is 64.8 Å². The molecule has 0 radical (unpaired) electrons. The van der Waals surface area contributed by atoms with Gasteiger partial charge in [-0.2, -0.15) is 11.3 Å². The summed E-state index contributed by atoms with van der Waals surface area (Å²) >= 11 is 3.45. The summed E-state index contributed by atoms with van der Waals surface area (Å²) in [4.78, 5) is 14.3. The number of hydrogen-bond acceptors (Lipinski definition) is 7. The molecule has 1 atom stereocenters. The summed E-state index contributed by atoms with van der Waals surface area (Å²) in [5, 5.41) is 17.5. The number of hydrogen-bond donors (Lipinski definition) is 0. The van der Waals surface area contributed by atoms with Gasteiger partial charge >= 0.3 is 5.69 Å². The van der Waals surface area contributed by atoms with Gasteiger partial charge in [0.05, 0.1) is 17.6 Å². The van der Waals surface area contributed by atoms with Crippen molar-refractivity contribution in [2.24, 2.45) is 0 Å². The predicted octanol–water partition coefficient (Wildman–Crippen LogP) is 6.18. The van der Waals surface area contributed by atoms with Crippen molar-refractivity contribution in [1.82, 2.24) is 4.90 Å². The summed E-state index contributed by atoms with van der Waals surface area (Å²) in [6.07, 6.45) is 3.14. The van der Waals surface area contributed by atoms with Crippen molar-refractivity contribution in [3.8, 4) is 5.75 Å². The minimum absolute atomic E-state index is 0. The number of halogens is 1. The number of para-hydroxylation sites is 2. The molecule has 6 nitrogen and oxygen atoms in total. The van der Waals surface area contributed by atoms with E-state index < -0.39 is 4.92 Å². The van der Waals surface area contributed by atoms with Gasteiger partial charge in [0.1, 0.15) is 6.10 Å². The lowest BCUT2D eigenvalue weighted by Gasteiger charge is -2.33. The fourth-order valence-corrected chi connectivity index (χ4v) is 5.30. The largest absolute Gasteiger partial charge is 0.487 e. The molecule has 1 aliphatic rings. The van der Waals surface area contributed by atoms with E-state index in [0.717, 1.165) is 38.9 Å². The molecule has 0 spiro atoms. The second kappa shape index (κ2) is 12.3. The molecule has 1 aromatic carbocycles. The molecular weight excluding hydrogens is 468 g/mol. The minimum atomic E-state index is -0.403. The first-order chi connectivity index (χ1) is 15.2. The van der Waals surface area contributed by atoms with Gasteiger partial charge in [0.25, 0.3) is 0 Å². The Morgan fingerprint density at radius 2 is 1.94 bits per heavy atom. The summed E-state index contributed by atoms with van der Waals surface area (Å²) in [6.45, 7) is 3.39. The van der Waals surface area contributed by atoms with Gasteiger partial charge in [0.15, 0.2) is 5.75 Å². The van der Waals surface area contributed by atoms with Gasteiger partial charge in [-0.15, -0.1) is 23.7 Å². The quantitative estimate of drug-likeness (QED) is 0.191. The number of nitrogens with zero attached hydrogens (tertiary/aromatic N) is 2. The van der Waals surface area contributed by atoms with E-state index in [1.54, 1.807) is 40.9 Å². The first-order valence-electron chi connectivity index (χ1n) is 10.5. The molecule has 0 amide bonds. The first kappa shape index (κ1) is 24.7. The molecule has 0 aliphatic carbocycles. The molecule has 4 rings (SSSR count). The van der Waals surface area contributed by atoms with E-state index in [9.17, 15) is 10.1 Å². The number of piperidine rings is 1. The van der Waals surface area contributed by atoms with Crippen LogP contribution in [0, 0.1) is 10.1 Å². The molecule has 0 N–H and O–H groups in total. The Bertz CT molecular complexity index is 911. The Balaban J connectivity index is 0.00000289. The zero-order valence-corrected chi connectivity index (χ0v) is 20.1. The van der Waals surface area contributed by atoms with Crippen LogP contribution in [0.4, 0.5) is 5.69 Å². The summed E-state index contributed by atoms with van der Waals surface area (Å²) < 4.78 is 12.2. The van der Waals surface area contributed by atoms with Gasteiger partial charge in [-0.3, -0.25) is 10.1 Å². The molecule has 1 aliphatic heterocycles. The Morgan fingerprint density at radius 1 is 1.12 bits per heavy atom. The highest BCUT2D eigenvalue weighted by Crippen LogP contribution is 2.33. The molecule has 1 fully saturated rings. The lowest BCUT2D eigenvalue weighted by Crippen LogP contribution is -2.38. The number of nitro benzene ring substituents is 1. The molecule has 0 bridgehead atoms. The summed E-state index contributed by atoms with van der Waals surface area (Å²) in [5.74, 6) is 0.340. The number of thiophene rings is 2. The zero-order chi connectivity index (χ0) is 21.5. The van der Waals surface area contributed by atoms with E-state index in [1.807, 2.05) is 0 Å². The lowest BCUT2D eigenvalue weighted by atomic mass is 10.1. The highest BCUT2D eigenvalue weighted by molar-refractivity contribution is 7.10. The van der Waals surface area contributed by atoms with Crippen molar-refractivity contribution in [3.05, 3.63) is 79.2 Å². The fourth-order valence-electron chi connectivity index (χ4n) is 3.84. The summed E-state index contributed by atoms with van der Waals surface area (Å²) in [7, 11) is 0. The summed E-state index contributed by atoms with van der Waals surface area (Å²) in [6, 6.07) is 12.9. The Morgan fingerprint density at radius 3 is 2.62 bits per heavy atom. The average Bonchev–Trinajstić information content (AvgIpc) is 3.51. The van der Waals surface area contributed by atoms with Gasteiger partial charge in [-0.1, -0.05) is 18.2 Å². The van der Waals surface area contributed by atoms with Crippen LogP contribution in [0.3, 0.4) is 0 Å². The smallest absolute Gasteiger partial charge is 0.310 e. The van der Waals surface area contributed by atoms with E-state index in [2.05, 4.69) is 39.2 Å². The molecule has 0 saturated carbocycles. The third-order valence-electron chi connectivity index (χ3n) is 5.45. The Kier molecular flexibility index (Phi) is 9.50. The van der Waals surface area contributed by atoms with Crippen LogP contribution in [0.25, 0.3) is 0 Å². The van der Waals surface area contributed by atoms with E-state index >= 15 is 0 Å². The second-order valence-corrected chi connectivity index (χ2v) is 9.32. The number of likely N-dealkylation sites (tertiary alicyclic amines) is 1. The molecule has 1 unspecified atom stereocenters. The van der Waals surface area contributed by atoms with E-state index in [4.69, 9.17) is 9.47 Å². The Hall–Kier alpha value is -1.97. The molecule has 172 valence electrons. The molecule has 1 saturated heterocycles. The predicted molar refractivity (Wildman–Crippen MR) is 131 cm³/mol. The van der Waals surface area contributed by atoms with Crippen molar-refractivity contribution in [3.63, 3.8) is 0 Å². The first-order valence-corrected chi connectivity index (χ1v) is 12.3. The zero-order valence-electron chi connectivity index (χ0n) is 17.6. The standard InChI is InChI=1S/C23H26N2O4S2.ClH/c26-25(27)20-5-1-2-6-21(20)28-14-4-11-24-12-8-19(9-13-24)29-23(18-10-16-30-17-18)22-7-3-15-31-22;/h1-3,5-7,10,15-17,19,23H,4,8-9,11-14H2;1H. The fraction of sp³-hybridized carbons (Fsp3) is 0.391. The van der Waals surface area contributed by atoms with Crippen LogP contribution in [0.5, 0.6) is 5.75 Å². The van der Waals surface area contributed by atoms with Crippen molar-refractivity contribution >= 4 is 40.8 Å². The van der Waals surface area contributed by atoms with Gasteiger partial charge in [-0.25, -0.2) is 0 Å². The van der Waals surface area contributed by atoms with E-state index in [1.165, 1.54) is 16.5 Å². The van der Waals surface area contributed by atoms with Crippen molar-refractivity contribution < 1.29 is 14.4 Å². The molecular formula is C23H27ClN2O4S2. The monoisotopic (exact) mass is 494 g/mol. The molecule has 2 aromatic heterocycles. The highest BCUT2D eigenvalue weighted by Gasteiger charge is 2.25. The van der Waals surface area contributed by atoms with Gasteiger partial charge in [-0.05, 0) is 59.2 Å². The molecule has 3 aromatic rings. The third kappa shape index (κ3) is 6.52. The maximum Gasteiger partial charge on any atom is 0.310 e. The summed E-state index contributed by atoms with van der Waals surface area (Å²) in [5.41, 5.74) is 1.26. The lowest BCUT2D eigenvalue weighted by molar-refractivity contribution is -0.385. The van der Waals surface area contributed by atoms with Crippen LogP contribution < -0.4 is 4.74 Å².